The first kappa shape index (κ1) is 30.0. The molecule has 212 valence electrons. The molecular formula is C29H40BrIN6O2. The number of nitrogens with zero attached hydrogens (tertiary/aromatic N) is 4. The summed E-state index contributed by atoms with van der Waals surface area (Å²) in [4.78, 5) is 37.3. The number of amides is 2. The fraction of sp³-hybridized carbons (Fsp3) is 0.552. The summed E-state index contributed by atoms with van der Waals surface area (Å²) >= 11 is 5.75. The van der Waals surface area contributed by atoms with Crippen molar-refractivity contribution in [2.75, 3.05) is 56.9 Å². The number of carbonyl (C=O) groups excluding carboxylic acids is 2. The van der Waals surface area contributed by atoms with Gasteiger partial charge in [-0.25, -0.2) is 0 Å². The van der Waals surface area contributed by atoms with Gasteiger partial charge in [-0.15, -0.1) is 0 Å². The molecule has 2 saturated heterocycles. The van der Waals surface area contributed by atoms with Crippen LogP contribution in [0.2, 0.25) is 0 Å². The molecule has 10 heteroatoms. The second-order valence-corrected chi connectivity index (χ2v) is 13.6. The van der Waals surface area contributed by atoms with Crippen LogP contribution in [0.5, 0.6) is 0 Å². The molecule has 1 aromatic carbocycles. The topological polar surface area (TPSA) is 94.8 Å². The van der Waals surface area contributed by atoms with E-state index >= 15 is 0 Å². The van der Waals surface area contributed by atoms with Crippen molar-refractivity contribution in [3.8, 4) is 0 Å². The van der Waals surface area contributed by atoms with Crippen LogP contribution in [0.25, 0.3) is 0 Å². The predicted octanol–water partition coefficient (Wildman–Crippen LogP) is 4.87. The predicted molar refractivity (Wildman–Crippen MR) is 169 cm³/mol. The number of aromatic nitrogens is 1. The quantitative estimate of drug-likeness (QED) is 0.300. The minimum Gasteiger partial charge on any atom is -0.397 e. The van der Waals surface area contributed by atoms with Crippen molar-refractivity contribution in [2.45, 2.75) is 52.5 Å². The zero-order chi connectivity index (χ0) is 28.2. The van der Waals surface area contributed by atoms with Crippen molar-refractivity contribution >= 4 is 61.7 Å². The lowest BCUT2D eigenvalue weighted by atomic mass is 9.87. The van der Waals surface area contributed by atoms with Gasteiger partial charge in [0, 0.05) is 58.6 Å². The van der Waals surface area contributed by atoms with Crippen molar-refractivity contribution < 1.29 is 9.59 Å². The largest absolute Gasteiger partial charge is 0.397 e. The molecule has 1 unspecified atom stereocenters. The summed E-state index contributed by atoms with van der Waals surface area (Å²) in [7, 11) is 0. The van der Waals surface area contributed by atoms with Gasteiger partial charge in [0.15, 0.2) is 0 Å². The number of hydrogen-bond donors (Lipinski definition) is 2. The summed E-state index contributed by atoms with van der Waals surface area (Å²) in [6.45, 7) is 12.3. The van der Waals surface area contributed by atoms with E-state index in [1.165, 1.54) is 12.8 Å². The fourth-order valence-electron chi connectivity index (χ4n) is 5.52. The Bertz CT molecular complexity index is 1190. The van der Waals surface area contributed by atoms with Crippen LogP contribution in [0.15, 0.2) is 35.1 Å². The Morgan fingerprint density at radius 2 is 1.95 bits per heavy atom. The molecule has 2 aromatic rings. The highest BCUT2D eigenvalue weighted by Crippen LogP contribution is 2.37. The molecule has 3 heterocycles. The number of carbonyl (C=O) groups is 2. The number of nitrogen functional groups attached to an aromatic ring is 1. The number of anilines is 2. The van der Waals surface area contributed by atoms with Gasteiger partial charge < -0.3 is 25.8 Å². The number of benzene rings is 1. The number of hydrogen-bond acceptors (Lipinski definition) is 6. The first-order valence-electron chi connectivity index (χ1n) is 13.8. The minimum atomic E-state index is -0.196. The van der Waals surface area contributed by atoms with Gasteiger partial charge in [0.05, 0.1) is 29.4 Å². The molecule has 3 N–H and O–H groups in total. The molecule has 4 rings (SSSR count). The van der Waals surface area contributed by atoms with Gasteiger partial charge in [-0.3, -0.25) is 14.6 Å². The van der Waals surface area contributed by atoms with Crippen LogP contribution in [0.3, 0.4) is 0 Å². The molecule has 1 atom stereocenters. The Balaban J connectivity index is 1.48. The van der Waals surface area contributed by atoms with E-state index in [2.05, 4.69) is 74.5 Å². The third-order valence-electron chi connectivity index (χ3n) is 7.83. The van der Waals surface area contributed by atoms with E-state index in [0.717, 1.165) is 58.4 Å². The standard InChI is InChI=1S/C29H40BrIN6O2/c1-4-5-7-35-8-6-9-36(11-10-35)26(38)14-20-12-22(30)15-24(32)27(20)34-25-18-37(19-29(25,2)3)28(39)21-13-23(31)17-33-16-21/h12-13,15-17,25,34H,4-11,14,18-19,32H2,1-3H3. The van der Waals surface area contributed by atoms with Gasteiger partial charge in [-0.05, 0) is 72.3 Å². The highest BCUT2D eigenvalue weighted by atomic mass is 127. The van der Waals surface area contributed by atoms with E-state index in [1.54, 1.807) is 12.4 Å². The van der Waals surface area contributed by atoms with E-state index < -0.39 is 0 Å². The van der Waals surface area contributed by atoms with Crippen molar-refractivity contribution in [1.82, 2.24) is 19.7 Å². The van der Waals surface area contributed by atoms with Gasteiger partial charge in [0.1, 0.15) is 0 Å². The van der Waals surface area contributed by atoms with Crippen LogP contribution in [-0.2, 0) is 11.2 Å². The summed E-state index contributed by atoms with van der Waals surface area (Å²) in [5.41, 5.74) is 9.18. The smallest absolute Gasteiger partial charge is 0.255 e. The molecule has 0 spiro atoms. The summed E-state index contributed by atoms with van der Waals surface area (Å²) in [6, 6.07) is 5.70. The first-order valence-corrected chi connectivity index (χ1v) is 15.7. The molecular weight excluding hydrogens is 671 g/mol. The van der Waals surface area contributed by atoms with Crippen molar-refractivity contribution in [3.63, 3.8) is 0 Å². The minimum absolute atomic E-state index is 0.0216. The van der Waals surface area contributed by atoms with E-state index in [9.17, 15) is 9.59 Å². The van der Waals surface area contributed by atoms with Crippen LogP contribution in [0.4, 0.5) is 11.4 Å². The molecule has 2 fully saturated rings. The molecule has 2 amide bonds. The van der Waals surface area contributed by atoms with Gasteiger partial charge in [0.2, 0.25) is 5.91 Å². The third-order valence-corrected chi connectivity index (χ3v) is 8.88. The monoisotopic (exact) mass is 710 g/mol. The number of unbranched alkanes of at least 4 members (excludes halogenated alkanes) is 1. The number of nitrogens with one attached hydrogen (secondary N) is 1. The third kappa shape index (κ3) is 7.64. The van der Waals surface area contributed by atoms with E-state index in [0.29, 0.717) is 24.3 Å². The number of rotatable bonds is 8. The number of pyridine rings is 1. The maximum absolute atomic E-state index is 13.5. The summed E-state index contributed by atoms with van der Waals surface area (Å²) in [6.07, 6.45) is 7.03. The molecule has 2 aliphatic heterocycles. The lowest BCUT2D eigenvalue weighted by molar-refractivity contribution is -0.130. The summed E-state index contributed by atoms with van der Waals surface area (Å²) in [5, 5.41) is 3.66. The maximum atomic E-state index is 13.5. The van der Waals surface area contributed by atoms with Crippen LogP contribution < -0.4 is 11.1 Å². The Labute approximate surface area is 254 Å². The molecule has 0 aliphatic carbocycles. The zero-order valence-electron chi connectivity index (χ0n) is 23.2. The van der Waals surface area contributed by atoms with E-state index in [-0.39, 0.29) is 29.7 Å². The number of likely N-dealkylation sites (tertiary alicyclic amines) is 1. The Kier molecular flexibility index (Phi) is 10.1. The first-order chi connectivity index (χ1) is 18.6. The Morgan fingerprint density at radius 3 is 2.69 bits per heavy atom. The molecule has 0 saturated carbocycles. The second kappa shape index (κ2) is 13.2. The lowest BCUT2D eigenvalue weighted by Crippen LogP contribution is -2.37. The zero-order valence-corrected chi connectivity index (χ0v) is 26.9. The molecule has 8 nitrogen and oxygen atoms in total. The van der Waals surface area contributed by atoms with E-state index in [4.69, 9.17) is 5.73 Å². The number of halogens is 2. The molecule has 0 bridgehead atoms. The van der Waals surface area contributed by atoms with Crippen molar-refractivity contribution in [1.29, 1.82) is 0 Å². The van der Waals surface area contributed by atoms with Crippen LogP contribution in [0.1, 0.15) is 56.0 Å². The van der Waals surface area contributed by atoms with Gasteiger partial charge in [-0.2, -0.15) is 0 Å². The molecule has 2 aliphatic rings. The second-order valence-electron chi connectivity index (χ2n) is 11.4. The average Bonchev–Trinajstić information content (AvgIpc) is 3.03. The Hall–Kier alpha value is -1.92. The summed E-state index contributed by atoms with van der Waals surface area (Å²) in [5.74, 6) is 0.105. The lowest BCUT2D eigenvalue weighted by Gasteiger charge is -2.29. The summed E-state index contributed by atoms with van der Waals surface area (Å²) < 4.78 is 1.78. The average molecular weight is 711 g/mol. The normalized spacial score (nSPS) is 19.7. The van der Waals surface area contributed by atoms with Crippen LogP contribution in [0, 0.1) is 8.99 Å². The SMILES string of the molecule is CCCCN1CCCN(C(=O)Cc2cc(Br)cc(N)c2NC2CN(C(=O)c3cncc(I)c3)CC2(C)C)CC1. The van der Waals surface area contributed by atoms with Crippen LogP contribution >= 0.6 is 38.5 Å². The highest BCUT2D eigenvalue weighted by Gasteiger charge is 2.42. The maximum Gasteiger partial charge on any atom is 0.255 e. The van der Waals surface area contributed by atoms with Crippen molar-refractivity contribution in [2.24, 2.45) is 5.41 Å². The molecule has 0 radical (unpaired) electrons. The Morgan fingerprint density at radius 1 is 1.15 bits per heavy atom. The molecule has 1 aromatic heterocycles. The van der Waals surface area contributed by atoms with Crippen molar-refractivity contribution in [3.05, 3.63) is 49.8 Å². The molecule has 39 heavy (non-hydrogen) atoms. The van der Waals surface area contributed by atoms with Gasteiger partial charge >= 0.3 is 0 Å². The number of nitrogens with two attached hydrogens (primary N) is 1. The van der Waals surface area contributed by atoms with Crippen LogP contribution in [-0.4, -0.2) is 83.4 Å². The van der Waals surface area contributed by atoms with Gasteiger partial charge in [0.25, 0.3) is 5.91 Å². The highest BCUT2D eigenvalue weighted by molar-refractivity contribution is 14.1. The van der Waals surface area contributed by atoms with Gasteiger partial charge in [-0.1, -0.05) is 43.1 Å². The fourth-order valence-corrected chi connectivity index (χ4v) is 6.54. The van der Waals surface area contributed by atoms with E-state index in [1.807, 2.05) is 28.0 Å².